The number of hydrogen-bond acceptors (Lipinski definition) is 5. The summed E-state index contributed by atoms with van der Waals surface area (Å²) in [7, 11) is 1.50. The van der Waals surface area contributed by atoms with E-state index in [4.69, 9.17) is 25.5 Å². The van der Waals surface area contributed by atoms with Crippen LogP contribution in [0.3, 0.4) is 0 Å². The van der Waals surface area contributed by atoms with Crippen LogP contribution in [0.2, 0.25) is 5.02 Å². The zero-order valence-electron chi connectivity index (χ0n) is 13.7. The lowest BCUT2D eigenvalue weighted by Crippen LogP contribution is -2.40. The van der Waals surface area contributed by atoms with E-state index in [0.29, 0.717) is 28.7 Å². The number of hydrogen-bond donors (Lipinski definition) is 2. The average molecular weight is 365 g/mol. The second-order valence-electron chi connectivity index (χ2n) is 4.72. The van der Waals surface area contributed by atoms with Gasteiger partial charge in [-0.25, -0.2) is 0 Å². The number of rotatable bonds is 6. The fraction of sp³-hybridized carbons (Fsp3) is 0.176. The Morgan fingerprint density at radius 3 is 2.76 bits per heavy atom. The number of amides is 2. The maximum atomic E-state index is 11.8. The van der Waals surface area contributed by atoms with E-state index in [2.05, 4.69) is 10.9 Å². The Morgan fingerprint density at radius 2 is 2.12 bits per heavy atom. The Kier molecular flexibility index (Phi) is 6.47. The standard InChI is InChI=1S/C17H17ClN2O5/c1-3-24-16-12(18)9-11(10-14(16)23-2)6-7-15(21)19-20-17(22)13-5-4-8-25-13/h4-10H,3H2,1-2H3,(H,19,21)(H,20,22)/b7-6+. The Bertz CT molecular complexity index is 772. The molecule has 0 saturated carbocycles. The van der Waals surface area contributed by atoms with Gasteiger partial charge in [0.1, 0.15) is 0 Å². The smallest absolute Gasteiger partial charge is 0.305 e. The molecule has 1 aromatic heterocycles. The van der Waals surface area contributed by atoms with Crippen molar-refractivity contribution in [3.05, 3.63) is 53.0 Å². The molecule has 0 spiro atoms. The molecule has 1 aromatic carbocycles. The van der Waals surface area contributed by atoms with Gasteiger partial charge in [0.15, 0.2) is 17.3 Å². The van der Waals surface area contributed by atoms with Crippen LogP contribution < -0.4 is 20.3 Å². The van der Waals surface area contributed by atoms with Gasteiger partial charge in [-0.2, -0.15) is 0 Å². The second kappa shape index (κ2) is 8.79. The molecule has 0 atom stereocenters. The number of nitrogens with one attached hydrogen (secondary N) is 2. The molecule has 132 valence electrons. The third-order valence-corrected chi connectivity index (χ3v) is 3.29. The van der Waals surface area contributed by atoms with Crippen molar-refractivity contribution in [2.24, 2.45) is 0 Å². The van der Waals surface area contributed by atoms with Crippen LogP contribution in [0.25, 0.3) is 6.08 Å². The summed E-state index contributed by atoms with van der Waals surface area (Å²) in [5, 5.41) is 0.368. The van der Waals surface area contributed by atoms with E-state index in [-0.39, 0.29) is 5.76 Å². The van der Waals surface area contributed by atoms with E-state index in [9.17, 15) is 9.59 Å². The highest BCUT2D eigenvalue weighted by atomic mass is 35.5. The van der Waals surface area contributed by atoms with Crippen LogP contribution >= 0.6 is 11.6 Å². The van der Waals surface area contributed by atoms with Crippen LogP contribution in [0.15, 0.2) is 41.0 Å². The largest absolute Gasteiger partial charge is 0.493 e. The number of carbonyl (C=O) groups excluding carboxylic acids is 2. The van der Waals surface area contributed by atoms with E-state index < -0.39 is 11.8 Å². The zero-order chi connectivity index (χ0) is 18.2. The Hall–Kier alpha value is -2.93. The lowest BCUT2D eigenvalue weighted by molar-refractivity contribution is -0.117. The van der Waals surface area contributed by atoms with E-state index in [1.165, 1.54) is 31.6 Å². The van der Waals surface area contributed by atoms with Crippen molar-refractivity contribution in [2.75, 3.05) is 13.7 Å². The molecule has 7 nitrogen and oxygen atoms in total. The van der Waals surface area contributed by atoms with Crippen LogP contribution in [0, 0.1) is 0 Å². The van der Waals surface area contributed by atoms with Crippen molar-refractivity contribution in [3.8, 4) is 11.5 Å². The predicted molar refractivity (Wildman–Crippen MR) is 92.5 cm³/mol. The molecule has 2 rings (SSSR count). The summed E-state index contributed by atoms with van der Waals surface area (Å²) >= 11 is 6.16. The van der Waals surface area contributed by atoms with E-state index in [1.54, 1.807) is 18.2 Å². The Balaban J connectivity index is 1.99. The number of hydrazine groups is 1. The molecule has 0 saturated heterocycles. The van der Waals surface area contributed by atoms with Crippen molar-refractivity contribution in [1.82, 2.24) is 10.9 Å². The monoisotopic (exact) mass is 364 g/mol. The molecule has 25 heavy (non-hydrogen) atoms. The number of carbonyl (C=O) groups is 2. The Morgan fingerprint density at radius 1 is 1.32 bits per heavy atom. The summed E-state index contributed by atoms with van der Waals surface area (Å²) in [6.45, 7) is 2.29. The first kappa shape index (κ1) is 18.4. The first-order chi connectivity index (χ1) is 12.0. The first-order valence-electron chi connectivity index (χ1n) is 7.37. The van der Waals surface area contributed by atoms with E-state index in [0.717, 1.165) is 0 Å². The van der Waals surface area contributed by atoms with Crippen molar-refractivity contribution in [3.63, 3.8) is 0 Å². The van der Waals surface area contributed by atoms with Crippen LogP contribution in [0.1, 0.15) is 23.0 Å². The molecule has 8 heteroatoms. The van der Waals surface area contributed by atoms with Gasteiger partial charge in [0.2, 0.25) is 0 Å². The summed E-state index contributed by atoms with van der Waals surface area (Å²) in [6, 6.07) is 6.37. The summed E-state index contributed by atoms with van der Waals surface area (Å²) in [4.78, 5) is 23.4. The fourth-order valence-electron chi connectivity index (χ4n) is 1.92. The third-order valence-electron chi connectivity index (χ3n) is 3.01. The van der Waals surface area contributed by atoms with Gasteiger partial charge in [0.25, 0.3) is 5.91 Å². The molecule has 2 N–H and O–H groups in total. The fourth-order valence-corrected chi connectivity index (χ4v) is 2.20. The normalized spacial score (nSPS) is 10.5. The number of furan rings is 1. The maximum Gasteiger partial charge on any atom is 0.305 e. The van der Waals surface area contributed by atoms with Gasteiger partial charge in [-0.15, -0.1) is 0 Å². The number of benzene rings is 1. The summed E-state index contributed by atoms with van der Waals surface area (Å²) in [5.41, 5.74) is 5.11. The van der Waals surface area contributed by atoms with E-state index in [1.807, 2.05) is 6.92 Å². The molecule has 0 unspecified atom stereocenters. The van der Waals surface area contributed by atoms with Crippen molar-refractivity contribution < 1.29 is 23.5 Å². The van der Waals surface area contributed by atoms with Gasteiger partial charge >= 0.3 is 5.91 Å². The minimum absolute atomic E-state index is 0.0901. The third kappa shape index (κ3) is 5.02. The molecular weight excluding hydrogens is 348 g/mol. The lowest BCUT2D eigenvalue weighted by Gasteiger charge is -2.11. The number of halogens is 1. The first-order valence-corrected chi connectivity index (χ1v) is 7.75. The highest BCUT2D eigenvalue weighted by Gasteiger charge is 2.11. The van der Waals surface area contributed by atoms with Crippen molar-refractivity contribution in [2.45, 2.75) is 6.92 Å². The minimum Gasteiger partial charge on any atom is -0.493 e. The molecule has 0 fully saturated rings. The number of ether oxygens (including phenoxy) is 2. The molecule has 0 aliphatic carbocycles. The summed E-state index contributed by atoms with van der Waals surface area (Å²) in [6.07, 6.45) is 4.13. The van der Waals surface area contributed by atoms with E-state index >= 15 is 0 Å². The maximum absolute atomic E-state index is 11.8. The molecule has 0 bridgehead atoms. The highest BCUT2D eigenvalue weighted by Crippen LogP contribution is 2.36. The average Bonchev–Trinajstić information content (AvgIpc) is 3.14. The molecule has 0 aliphatic heterocycles. The van der Waals surface area contributed by atoms with Gasteiger partial charge in [-0.05, 0) is 42.8 Å². The molecule has 0 aliphatic rings. The van der Waals surface area contributed by atoms with Gasteiger partial charge in [0.05, 0.1) is 25.0 Å². The van der Waals surface area contributed by atoms with Crippen LogP contribution in [0.5, 0.6) is 11.5 Å². The van der Waals surface area contributed by atoms with Gasteiger partial charge in [-0.1, -0.05) is 11.6 Å². The van der Waals surface area contributed by atoms with Crippen molar-refractivity contribution >= 4 is 29.5 Å². The van der Waals surface area contributed by atoms with Crippen molar-refractivity contribution in [1.29, 1.82) is 0 Å². The lowest BCUT2D eigenvalue weighted by atomic mass is 10.2. The minimum atomic E-state index is -0.558. The van der Waals surface area contributed by atoms with Gasteiger partial charge in [0, 0.05) is 6.08 Å². The van der Waals surface area contributed by atoms with Crippen LogP contribution in [-0.4, -0.2) is 25.5 Å². The van der Waals surface area contributed by atoms with Gasteiger partial charge in [-0.3, -0.25) is 20.4 Å². The Labute approximate surface area is 149 Å². The molecule has 1 heterocycles. The SMILES string of the molecule is CCOc1c(Cl)cc(/C=C/C(=O)NNC(=O)c2ccco2)cc1OC. The summed E-state index contributed by atoms with van der Waals surface area (Å²) in [5.74, 6) is -0.0896. The molecule has 0 radical (unpaired) electrons. The predicted octanol–water partition coefficient (Wildman–Crippen LogP) is 2.81. The summed E-state index contributed by atoms with van der Waals surface area (Å²) < 4.78 is 15.6. The van der Waals surface area contributed by atoms with Gasteiger partial charge < -0.3 is 13.9 Å². The van der Waals surface area contributed by atoms with Crippen LogP contribution in [0.4, 0.5) is 0 Å². The second-order valence-corrected chi connectivity index (χ2v) is 5.13. The zero-order valence-corrected chi connectivity index (χ0v) is 14.4. The molecule has 2 aromatic rings. The topological polar surface area (TPSA) is 89.8 Å². The number of methoxy groups -OCH3 is 1. The quantitative estimate of drug-likeness (QED) is 0.607. The van der Waals surface area contributed by atoms with Crippen LogP contribution in [-0.2, 0) is 4.79 Å². The highest BCUT2D eigenvalue weighted by molar-refractivity contribution is 6.32. The molecule has 2 amide bonds. The molecular formula is C17H17ClN2O5.